The number of aliphatic carboxylic acids is 1. The quantitative estimate of drug-likeness (QED) is 0.708. The molecular weight excluding hydrogens is 270 g/mol. The van der Waals surface area contributed by atoms with Gasteiger partial charge in [0.15, 0.2) is 0 Å². The van der Waals surface area contributed by atoms with Crippen molar-refractivity contribution >= 4 is 16.0 Å². The second kappa shape index (κ2) is 5.28. The molecule has 0 heterocycles. The minimum Gasteiger partial charge on any atom is -0.481 e. The fraction of sp³-hybridized carbons (Fsp3) is 0.417. The van der Waals surface area contributed by atoms with E-state index in [0.717, 1.165) is 11.1 Å². The maximum Gasteiger partial charge on any atom is 0.304 e. The van der Waals surface area contributed by atoms with Crippen LogP contribution < -0.4 is 4.72 Å². The average Bonchev–Trinajstić information content (AvgIpc) is 2.64. The Morgan fingerprint density at radius 3 is 2.74 bits per heavy atom. The number of carboxylic acid groups (broad SMARTS) is 1. The Hall–Kier alpha value is -1.44. The van der Waals surface area contributed by atoms with Gasteiger partial charge >= 0.3 is 5.97 Å². The summed E-state index contributed by atoms with van der Waals surface area (Å²) in [7, 11) is -3.73. The monoisotopic (exact) mass is 285 g/mol. The third-order valence-electron chi connectivity index (χ3n) is 3.10. The first-order valence-corrected chi connectivity index (χ1v) is 7.52. The Morgan fingerprint density at radius 2 is 2.05 bits per heavy atom. The van der Waals surface area contributed by atoms with Crippen LogP contribution in [0.2, 0.25) is 0 Å². The Bertz CT molecular complexity index is 584. The lowest BCUT2D eigenvalue weighted by Gasteiger charge is -2.17. The highest BCUT2D eigenvalue weighted by Crippen LogP contribution is 2.31. The molecular formula is C12H15NO5S. The van der Waals surface area contributed by atoms with Gasteiger partial charge in [-0.1, -0.05) is 24.3 Å². The predicted molar refractivity (Wildman–Crippen MR) is 68.1 cm³/mol. The Labute approximate surface area is 111 Å². The van der Waals surface area contributed by atoms with Gasteiger partial charge in [0.1, 0.15) is 0 Å². The number of fused-ring (bicyclic) bond motifs is 1. The number of sulfonamides is 1. The zero-order chi connectivity index (χ0) is 14.0. The molecule has 2 atom stereocenters. The maximum absolute atomic E-state index is 11.8. The zero-order valence-corrected chi connectivity index (χ0v) is 10.9. The second-order valence-corrected chi connectivity index (χ2v) is 6.40. The van der Waals surface area contributed by atoms with E-state index in [1.54, 1.807) is 12.1 Å². The highest BCUT2D eigenvalue weighted by atomic mass is 32.2. The van der Waals surface area contributed by atoms with Gasteiger partial charge in [0.2, 0.25) is 10.0 Å². The van der Waals surface area contributed by atoms with E-state index in [1.807, 2.05) is 12.1 Å². The lowest BCUT2D eigenvalue weighted by atomic mass is 10.1. The van der Waals surface area contributed by atoms with E-state index in [0.29, 0.717) is 6.42 Å². The minimum atomic E-state index is -3.73. The number of aliphatic hydroxyl groups excluding tert-OH is 1. The standard InChI is InChI=1S/C12H15NO5S/c14-10-7-8-3-1-2-4-9(8)12(10)13-19(17,18)6-5-11(15)16/h1-4,10,12-14H,5-7H2,(H,15,16)/t10-,12+/m1/s1. The van der Waals surface area contributed by atoms with Crippen molar-refractivity contribution in [1.82, 2.24) is 4.72 Å². The first-order valence-electron chi connectivity index (χ1n) is 5.87. The summed E-state index contributed by atoms with van der Waals surface area (Å²) >= 11 is 0. The molecule has 0 fully saturated rings. The summed E-state index contributed by atoms with van der Waals surface area (Å²) in [6.07, 6.45) is -0.890. The van der Waals surface area contributed by atoms with Crippen molar-refractivity contribution in [1.29, 1.82) is 0 Å². The summed E-state index contributed by atoms with van der Waals surface area (Å²) in [5, 5.41) is 18.4. The molecule has 19 heavy (non-hydrogen) atoms. The largest absolute Gasteiger partial charge is 0.481 e. The fourth-order valence-corrected chi connectivity index (χ4v) is 3.42. The molecule has 0 aliphatic heterocycles. The van der Waals surface area contributed by atoms with E-state index in [4.69, 9.17) is 5.11 Å². The first-order chi connectivity index (χ1) is 8.89. The molecule has 0 bridgehead atoms. The Kier molecular flexibility index (Phi) is 3.88. The molecule has 0 saturated carbocycles. The molecule has 0 spiro atoms. The van der Waals surface area contributed by atoms with Crippen molar-refractivity contribution in [2.75, 3.05) is 5.75 Å². The van der Waals surface area contributed by atoms with Gasteiger partial charge in [0, 0.05) is 6.42 Å². The highest BCUT2D eigenvalue weighted by Gasteiger charge is 2.33. The summed E-state index contributed by atoms with van der Waals surface area (Å²) in [4.78, 5) is 10.4. The summed E-state index contributed by atoms with van der Waals surface area (Å²) in [5.74, 6) is -1.66. The van der Waals surface area contributed by atoms with Crippen LogP contribution in [0.5, 0.6) is 0 Å². The molecule has 0 unspecified atom stereocenters. The van der Waals surface area contributed by atoms with E-state index in [9.17, 15) is 18.3 Å². The molecule has 3 N–H and O–H groups in total. The topological polar surface area (TPSA) is 104 Å². The van der Waals surface area contributed by atoms with E-state index < -0.39 is 40.3 Å². The SMILES string of the molecule is O=C(O)CCS(=O)(=O)N[C@H]1c2ccccc2C[C@H]1O. The van der Waals surface area contributed by atoms with Gasteiger partial charge in [-0.3, -0.25) is 4.79 Å². The van der Waals surface area contributed by atoms with Crippen molar-refractivity contribution < 1.29 is 23.4 Å². The number of benzene rings is 1. The smallest absolute Gasteiger partial charge is 0.304 e. The number of aliphatic hydroxyl groups is 1. The van der Waals surface area contributed by atoms with E-state index in [1.165, 1.54) is 0 Å². The molecule has 104 valence electrons. The Balaban J connectivity index is 2.13. The molecule has 6 nitrogen and oxygen atoms in total. The molecule has 1 aliphatic carbocycles. The summed E-state index contributed by atoms with van der Waals surface area (Å²) < 4.78 is 25.9. The number of nitrogens with one attached hydrogen (secondary N) is 1. The van der Waals surface area contributed by atoms with Crippen LogP contribution in [-0.2, 0) is 21.2 Å². The molecule has 7 heteroatoms. The zero-order valence-electron chi connectivity index (χ0n) is 10.1. The molecule has 0 amide bonds. The predicted octanol–water partition coefficient (Wildman–Crippen LogP) is 0.0388. The molecule has 0 saturated heterocycles. The molecule has 1 aromatic carbocycles. The number of carbonyl (C=O) groups is 1. The van der Waals surface area contributed by atoms with Crippen LogP contribution in [0.1, 0.15) is 23.6 Å². The van der Waals surface area contributed by atoms with Crippen molar-refractivity contribution in [3.8, 4) is 0 Å². The van der Waals surface area contributed by atoms with Crippen LogP contribution in [0, 0.1) is 0 Å². The van der Waals surface area contributed by atoms with Crippen LogP contribution in [0.25, 0.3) is 0 Å². The molecule has 0 radical (unpaired) electrons. The van der Waals surface area contributed by atoms with E-state index in [2.05, 4.69) is 4.72 Å². The third-order valence-corrected chi connectivity index (χ3v) is 4.45. The van der Waals surface area contributed by atoms with Crippen LogP contribution in [0.4, 0.5) is 0 Å². The van der Waals surface area contributed by atoms with Crippen LogP contribution >= 0.6 is 0 Å². The average molecular weight is 285 g/mol. The van der Waals surface area contributed by atoms with E-state index >= 15 is 0 Å². The van der Waals surface area contributed by atoms with Crippen LogP contribution in [0.15, 0.2) is 24.3 Å². The van der Waals surface area contributed by atoms with Gasteiger partial charge in [0.05, 0.1) is 24.3 Å². The number of hydrogen-bond acceptors (Lipinski definition) is 4. The van der Waals surface area contributed by atoms with Gasteiger partial charge in [-0.25, -0.2) is 13.1 Å². The number of hydrogen-bond donors (Lipinski definition) is 3. The lowest BCUT2D eigenvalue weighted by molar-refractivity contribution is -0.136. The Morgan fingerprint density at radius 1 is 1.37 bits per heavy atom. The third kappa shape index (κ3) is 3.31. The van der Waals surface area contributed by atoms with Crippen molar-refractivity contribution in [3.05, 3.63) is 35.4 Å². The first kappa shape index (κ1) is 14.0. The van der Waals surface area contributed by atoms with Crippen molar-refractivity contribution in [2.45, 2.75) is 25.0 Å². The molecule has 1 aliphatic rings. The molecule has 1 aromatic rings. The maximum atomic E-state index is 11.8. The summed E-state index contributed by atoms with van der Waals surface area (Å²) in [6.45, 7) is 0. The van der Waals surface area contributed by atoms with E-state index in [-0.39, 0.29) is 0 Å². The second-order valence-electron chi connectivity index (χ2n) is 4.53. The van der Waals surface area contributed by atoms with Crippen LogP contribution in [-0.4, -0.2) is 36.5 Å². The summed E-state index contributed by atoms with van der Waals surface area (Å²) in [5.41, 5.74) is 1.65. The molecule has 0 aromatic heterocycles. The normalized spacial score (nSPS) is 22.2. The van der Waals surface area contributed by atoms with Crippen LogP contribution in [0.3, 0.4) is 0 Å². The van der Waals surface area contributed by atoms with Gasteiger partial charge in [-0.2, -0.15) is 0 Å². The highest BCUT2D eigenvalue weighted by molar-refractivity contribution is 7.89. The van der Waals surface area contributed by atoms with Gasteiger partial charge in [0.25, 0.3) is 0 Å². The van der Waals surface area contributed by atoms with Gasteiger partial charge < -0.3 is 10.2 Å². The molecule has 2 rings (SSSR count). The van der Waals surface area contributed by atoms with Gasteiger partial charge in [-0.15, -0.1) is 0 Å². The van der Waals surface area contributed by atoms with Crippen molar-refractivity contribution in [2.24, 2.45) is 0 Å². The van der Waals surface area contributed by atoms with Gasteiger partial charge in [-0.05, 0) is 11.1 Å². The summed E-state index contributed by atoms with van der Waals surface area (Å²) in [6, 6.07) is 6.50. The minimum absolute atomic E-state index is 0.391. The number of rotatable bonds is 5. The fourth-order valence-electron chi connectivity index (χ4n) is 2.19. The van der Waals surface area contributed by atoms with Crippen molar-refractivity contribution in [3.63, 3.8) is 0 Å². The lowest BCUT2D eigenvalue weighted by Crippen LogP contribution is -2.35. The number of carboxylic acids is 1.